The van der Waals surface area contributed by atoms with Gasteiger partial charge in [0.15, 0.2) is 28.6 Å². The first-order valence-electron chi connectivity index (χ1n) is 12.2. The Balaban J connectivity index is 2.67. The molecule has 0 saturated carbocycles. The Morgan fingerprint density at radius 3 is 1.82 bits per heavy atom. The van der Waals surface area contributed by atoms with Gasteiger partial charge in [-0.2, -0.15) is 0 Å². The highest BCUT2D eigenvalue weighted by atomic mass is 16.5. The molecule has 38 heavy (non-hydrogen) atoms. The molecule has 2 aromatic rings. The summed E-state index contributed by atoms with van der Waals surface area (Å²) in [6.07, 6.45) is 2.47. The molecular weight excluding hydrogens is 492 g/mol. The second-order valence-electron chi connectivity index (χ2n) is 9.63. The molecule has 1 N–H and O–H groups in total. The summed E-state index contributed by atoms with van der Waals surface area (Å²) < 4.78 is 41.0. The summed E-state index contributed by atoms with van der Waals surface area (Å²) in [5.74, 6) is 2.04. The maximum absolute atomic E-state index is 12.2. The van der Waals surface area contributed by atoms with Crippen molar-refractivity contribution in [3.63, 3.8) is 0 Å². The average Bonchev–Trinajstić information content (AvgIpc) is 2.92. The molecule has 0 amide bonds. The molecule has 0 aromatic heterocycles. The van der Waals surface area contributed by atoms with E-state index in [4.69, 9.17) is 33.2 Å². The third-order valence-electron chi connectivity index (χ3n) is 7.62. The largest absolute Gasteiger partial charge is 0.493 e. The van der Waals surface area contributed by atoms with Crippen LogP contribution in [0.2, 0.25) is 0 Å². The zero-order chi connectivity index (χ0) is 28.4. The van der Waals surface area contributed by atoms with Crippen molar-refractivity contribution in [2.45, 2.75) is 45.3 Å². The Bertz CT molecular complexity index is 1230. The fourth-order valence-electron chi connectivity index (χ4n) is 5.12. The van der Waals surface area contributed by atoms with Crippen LogP contribution in [0.25, 0.3) is 11.1 Å². The molecule has 9 nitrogen and oxygen atoms in total. The summed E-state index contributed by atoms with van der Waals surface area (Å²) in [4.78, 5) is 11.4. The topological polar surface area (TPSA) is 102 Å². The van der Waals surface area contributed by atoms with Gasteiger partial charge in [0, 0.05) is 22.3 Å². The summed E-state index contributed by atoms with van der Waals surface area (Å²) >= 11 is 0. The van der Waals surface area contributed by atoms with Gasteiger partial charge in [0.2, 0.25) is 11.5 Å². The van der Waals surface area contributed by atoms with Crippen LogP contribution in [-0.2, 0) is 21.6 Å². The van der Waals surface area contributed by atoms with Gasteiger partial charge in [-0.15, -0.1) is 0 Å². The van der Waals surface area contributed by atoms with Crippen LogP contribution < -0.4 is 28.4 Å². The van der Waals surface area contributed by atoms with E-state index >= 15 is 0 Å². The van der Waals surface area contributed by atoms with Crippen LogP contribution in [0.1, 0.15) is 38.8 Å². The van der Waals surface area contributed by atoms with Crippen molar-refractivity contribution in [3.8, 4) is 45.6 Å². The number of fused-ring (bicyclic) bond motifs is 3. The monoisotopic (exact) mass is 530 g/mol. The molecule has 0 fully saturated rings. The van der Waals surface area contributed by atoms with E-state index in [1.54, 1.807) is 41.1 Å². The van der Waals surface area contributed by atoms with E-state index in [-0.39, 0.29) is 5.92 Å². The number of carbonyl (C=O) groups excluding carboxylic acids is 1. The second-order valence-corrected chi connectivity index (χ2v) is 9.63. The predicted octanol–water partition coefficient (Wildman–Crippen LogP) is 4.68. The van der Waals surface area contributed by atoms with Gasteiger partial charge in [-0.1, -0.05) is 6.92 Å². The SMILES string of the molecule is COc1cc2c(c(OC)c1OC)-c1c(cc(OC)c(OC)c1OC)[C@@](C)(O/C=C(\C)C=O)[C@@](C)(O)[C@@H](C)C2. The lowest BCUT2D eigenvalue weighted by atomic mass is 9.66. The Morgan fingerprint density at radius 1 is 0.842 bits per heavy atom. The number of carbonyl (C=O) groups is 1. The molecule has 0 saturated heterocycles. The van der Waals surface area contributed by atoms with E-state index < -0.39 is 11.2 Å². The Morgan fingerprint density at radius 2 is 1.34 bits per heavy atom. The summed E-state index contributed by atoms with van der Waals surface area (Å²) in [5, 5.41) is 12.2. The van der Waals surface area contributed by atoms with Gasteiger partial charge in [-0.05, 0) is 50.8 Å². The number of benzene rings is 2. The maximum atomic E-state index is 12.2. The third kappa shape index (κ3) is 4.38. The highest BCUT2D eigenvalue weighted by molar-refractivity contribution is 5.89. The molecule has 0 bridgehead atoms. The van der Waals surface area contributed by atoms with Crippen molar-refractivity contribution >= 4 is 6.29 Å². The lowest BCUT2D eigenvalue weighted by Gasteiger charge is -2.48. The predicted molar refractivity (Wildman–Crippen MR) is 143 cm³/mol. The summed E-state index contributed by atoms with van der Waals surface area (Å²) in [5.41, 5.74) is 0.107. The smallest absolute Gasteiger partial charge is 0.203 e. The van der Waals surface area contributed by atoms with Crippen LogP contribution in [0.15, 0.2) is 24.0 Å². The standard InChI is InChI=1S/C29H38O9/c1-16(14-30)15-38-29(4)19-13-21(33-6)25(35-8)27(37-10)23(19)22-18(11-17(2)28(29,3)31)12-20(32-5)24(34-7)26(22)36-9/h12-15,17,31H,11H2,1-10H3/b16-15+/t17-,28-,29+/m0/s1. The van der Waals surface area contributed by atoms with Gasteiger partial charge in [0.05, 0.1) is 48.9 Å². The molecule has 2 aromatic carbocycles. The summed E-state index contributed by atoms with van der Waals surface area (Å²) in [6, 6.07) is 3.64. The maximum Gasteiger partial charge on any atom is 0.203 e. The van der Waals surface area contributed by atoms with E-state index in [9.17, 15) is 9.90 Å². The molecule has 0 aliphatic heterocycles. The molecule has 0 unspecified atom stereocenters. The van der Waals surface area contributed by atoms with Crippen molar-refractivity contribution in [3.05, 3.63) is 35.1 Å². The average molecular weight is 531 g/mol. The number of aldehydes is 1. The number of hydrogen-bond acceptors (Lipinski definition) is 9. The van der Waals surface area contributed by atoms with Gasteiger partial charge in [0.25, 0.3) is 0 Å². The van der Waals surface area contributed by atoms with Crippen LogP contribution in [0.4, 0.5) is 0 Å². The zero-order valence-corrected chi connectivity index (χ0v) is 23.8. The first kappa shape index (κ1) is 29.0. The Hall–Kier alpha value is -3.59. The van der Waals surface area contributed by atoms with Gasteiger partial charge in [0.1, 0.15) is 11.9 Å². The minimum absolute atomic E-state index is 0.341. The number of allylic oxidation sites excluding steroid dienone is 1. The van der Waals surface area contributed by atoms with Gasteiger partial charge in [-0.25, -0.2) is 0 Å². The van der Waals surface area contributed by atoms with Crippen molar-refractivity contribution in [2.75, 3.05) is 42.7 Å². The third-order valence-corrected chi connectivity index (χ3v) is 7.62. The van der Waals surface area contributed by atoms with Crippen LogP contribution in [-0.4, -0.2) is 59.7 Å². The van der Waals surface area contributed by atoms with Gasteiger partial charge < -0.3 is 38.3 Å². The lowest BCUT2D eigenvalue weighted by Crippen LogP contribution is -2.54. The van der Waals surface area contributed by atoms with E-state index in [1.165, 1.54) is 34.7 Å². The molecular formula is C29H38O9. The van der Waals surface area contributed by atoms with E-state index in [1.807, 2.05) is 13.0 Å². The summed E-state index contributed by atoms with van der Waals surface area (Å²) in [7, 11) is 9.21. The van der Waals surface area contributed by atoms with E-state index in [0.717, 1.165) is 5.56 Å². The number of ether oxygens (including phenoxy) is 7. The second kappa shape index (κ2) is 11.0. The zero-order valence-electron chi connectivity index (χ0n) is 23.8. The van der Waals surface area contributed by atoms with E-state index in [0.29, 0.717) is 69.5 Å². The van der Waals surface area contributed by atoms with E-state index in [2.05, 4.69) is 0 Å². The van der Waals surface area contributed by atoms with Crippen molar-refractivity contribution in [1.82, 2.24) is 0 Å². The Labute approximate surface area is 224 Å². The molecule has 0 heterocycles. The van der Waals surface area contributed by atoms with Crippen LogP contribution in [0, 0.1) is 5.92 Å². The molecule has 0 radical (unpaired) electrons. The molecule has 1 aliphatic carbocycles. The number of methoxy groups -OCH3 is 6. The lowest BCUT2D eigenvalue weighted by molar-refractivity contribution is -0.169. The van der Waals surface area contributed by atoms with Crippen LogP contribution >= 0.6 is 0 Å². The minimum Gasteiger partial charge on any atom is -0.493 e. The van der Waals surface area contributed by atoms with Gasteiger partial charge >= 0.3 is 0 Å². The highest BCUT2D eigenvalue weighted by Crippen LogP contribution is 2.59. The fourth-order valence-corrected chi connectivity index (χ4v) is 5.12. The van der Waals surface area contributed by atoms with Crippen molar-refractivity contribution < 1.29 is 43.1 Å². The molecule has 208 valence electrons. The summed E-state index contributed by atoms with van der Waals surface area (Å²) in [6.45, 7) is 7.06. The molecule has 9 heteroatoms. The van der Waals surface area contributed by atoms with Crippen LogP contribution in [0.3, 0.4) is 0 Å². The fraction of sp³-hybridized carbons (Fsp3) is 0.483. The molecule has 3 atom stereocenters. The van der Waals surface area contributed by atoms with Crippen molar-refractivity contribution in [2.24, 2.45) is 5.92 Å². The quantitative estimate of drug-likeness (QED) is 0.281. The molecule has 1 aliphatic rings. The molecule has 3 rings (SSSR count). The highest BCUT2D eigenvalue weighted by Gasteiger charge is 2.54. The minimum atomic E-state index is -1.45. The normalized spacial score (nSPS) is 22.7. The Kier molecular flexibility index (Phi) is 8.41. The number of rotatable bonds is 9. The van der Waals surface area contributed by atoms with Gasteiger partial charge in [-0.3, -0.25) is 4.79 Å². The number of hydrogen-bond donors (Lipinski definition) is 1. The van der Waals surface area contributed by atoms with Crippen molar-refractivity contribution in [1.29, 1.82) is 0 Å². The first-order valence-corrected chi connectivity index (χ1v) is 12.2. The van der Waals surface area contributed by atoms with Crippen LogP contribution in [0.5, 0.6) is 34.5 Å². The number of aliphatic hydroxyl groups is 1. The first-order chi connectivity index (χ1) is 18.0. The molecule has 0 spiro atoms.